The molecule has 0 aliphatic carbocycles. The number of thioether (sulfide) groups is 1. The number of rotatable bonds is 5. The van der Waals surface area contributed by atoms with Gasteiger partial charge in [-0.1, -0.05) is 49.0 Å². The lowest BCUT2D eigenvalue weighted by molar-refractivity contribution is 0.0988. The van der Waals surface area contributed by atoms with Gasteiger partial charge in [-0.25, -0.2) is 9.97 Å². The van der Waals surface area contributed by atoms with Gasteiger partial charge in [0.2, 0.25) is 0 Å². The summed E-state index contributed by atoms with van der Waals surface area (Å²) in [4.78, 5) is 20.6. The summed E-state index contributed by atoms with van der Waals surface area (Å²) in [6.07, 6.45) is 4.14. The topological polar surface area (TPSA) is 42.9 Å². The van der Waals surface area contributed by atoms with Gasteiger partial charge in [-0.15, -0.1) is 0 Å². The van der Waals surface area contributed by atoms with E-state index in [9.17, 15) is 4.79 Å². The molecule has 4 heteroatoms. The highest BCUT2D eigenvalue weighted by molar-refractivity contribution is 8.00. The summed E-state index contributed by atoms with van der Waals surface area (Å²) in [6, 6.07) is 11.1. The highest BCUT2D eigenvalue weighted by Gasteiger charge is 2.20. The molecule has 1 unspecified atom stereocenters. The summed E-state index contributed by atoms with van der Waals surface area (Å²) >= 11 is 1.42. The number of hydrogen-bond acceptors (Lipinski definition) is 4. The maximum atomic E-state index is 12.3. The first-order valence-corrected chi connectivity index (χ1v) is 6.72. The summed E-state index contributed by atoms with van der Waals surface area (Å²) in [7, 11) is 0. The van der Waals surface area contributed by atoms with Crippen LogP contribution >= 0.6 is 11.8 Å². The van der Waals surface area contributed by atoms with E-state index in [2.05, 4.69) is 9.97 Å². The van der Waals surface area contributed by atoms with Gasteiger partial charge in [0.05, 0.1) is 5.25 Å². The van der Waals surface area contributed by atoms with Crippen LogP contribution in [0.3, 0.4) is 0 Å². The van der Waals surface area contributed by atoms with E-state index in [1.165, 1.54) is 11.8 Å². The van der Waals surface area contributed by atoms with Gasteiger partial charge in [-0.2, -0.15) is 0 Å². The minimum atomic E-state index is -0.130. The Balaban J connectivity index is 2.12. The van der Waals surface area contributed by atoms with Crippen LogP contribution in [0.25, 0.3) is 0 Å². The van der Waals surface area contributed by atoms with Gasteiger partial charge in [0.15, 0.2) is 10.9 Å². The van der Waals surface area contributed by atoms with Crippen LogP contribution in [0.2, 0.25) is 0 Å². The van der Waals surface area contributed by atoms with Crippen molar-refractivity contribution in [3.63, 3.8) is 0 Å². The number of aromatic nitrogens is 2. The van der Waals surface area contributed by atoms with Crippen molar-refractivity contribution in [2.45, 2.75) is 23.8 Å². The molecule has 1 aromatic carbocycles. The average Bonchev–Trinajstić information content (AvgIpc) is 2.46. The largest absolute Gasteiger partial charge is 0.293 e. The van der Waals surface area contributed by atoms with Crippen molar-refractivity contribution < 1.29 is 4.79 Å². The van der Waals surface area contributed by atoms with Gasteiger partial charge in [-0.3, -0.25) is 4.79 Å². The first kappa shape index (κ1) is 12.8. The number of nitrogens with zero attached hydrogens (tertiary/aromatic N) is 2. The normalized spacial score (nSPS) is 12.1. The van der Waals surface area contributed by atoms with Crippen LogP contribution in [0.4, 0.5) is 0 Å². The van der Waals surface area contributed by atoms with Gasteiger partial charge in [0.1, 0.15) is 0 Å². The van der Waals surface area contributed by atoms with E-state index in [0.717, 1.165) is 12.0 Å². The fourth-order valence-electron chi connectivity index (χ4n) is 1.58. The van der Waals surface area contributed by atoms with Gasteiger partial charge in [-0.05, 0) is 12.5 Å². The lowest BCUT2D eigenvalue weighted by Crippen LogP contribution is -2.16. The van der Waals surface area contributed by atoms with Crippen molar-refractivity contribution in [2.75, 3.05) is 0 Å². The highest BCUT2D eigenvalue weighted by Crippen LogP contribution is 2.24. The molecule has 0 aliphatic rings. The van der Waals surface area contributed by atoms with E-state index in [4.69, 9.17) is 0 Å². The van der Waals surface area contributed by atoms with Crippen LogP contribution in [-0.2, 0) is 0 Å². The second-order valence-corrected chi connectivity index (χ2v) is 4.95. The van der Waals surface area contributed by atoms with Crippen LogP contribution in [0.15, 0.2) is 53.9 Å². The Bertz CT molecular complexity index is 502. The van der Waals surface area contributed by atoms with Crippen molar-refractivity contribution in [3.8, 4) is 0 Å². The monoisotopic (exact) mass is 258 g/mol. The molecule has 92 valence electrons. The van der Waals surface area contributed by atoms with E-state index < -0.39 is 0 Å². The Morgan fingerprint density at radius 2 is 1.83 bits per heavy atom. The first-order chi connectivity index (χ1) is 8.81. The molecule has 0 fully saturated rings. The number of carbonyl (C=O) groups excluding carboxylic acids is 1. The molecule has 1 aromatic heterocycles. The maximum Gasteiger partial charge on any atom is 0.188 e. The third-order valence-corrected chi connectivity index (χ3v) is 3.76. The Labute approximate surface area is 111 Å². The van der Waals surface area contributed by atoms with Gasteiger partial charge < -0.3 is 0 Å². The lowest BCUT2D eigenvalue weighted by Gasteiger charge is -2.11. The standard InChI is InChI=1S/C14H14N2OS/c1-2-12(18-14-15-9-6-10-16-14)13(17)11-7-4-3-5-8-11/h3-10,12H,2H2,1H3. The smallest absolute Gasteiger partial charge is 0.188 e. The fourth-order valence-corrected chi connectivity index (χ4v) is 2.49. The lowest BCUT2D eigenvalue weighted by atomic mass is 10.1. The minimum absolute atomic E-state index is 0.130. The van der Waals surface area contributed by atoms with Crippen molar-refractivity contribution in [2.24, 2.45) is 0 Å². The maximum absolute atomic E-state index is 12.3. The second-order valence-electron chi connectivity index (χ2n) is 3.78. The summed E-state index contributed by atoms with van der Waals surface area (Å²) in [5.41, 5.74) is 0.743. The summed E-state index contributed by atoms with van der Waals surface area (Å²) in [5.74, 6) is 0.135. The zero-order chi connectivity index (χ0) is 12.8. The molecule has 1 heterocycles. The van der Waals surface area contributed by atoms with E-state index in [1.54, 1.807) is 18.5 Å². The first-order valence-electron chi connectivity index (χ1n) is 5.84. The highest BCUT2D eigenvalue weighted by atomic mass is 32.2. The Morgan fingerprint density at radius 3 is 2.44 bits per heavy atom. The molecule has 0 saturated carbocycles. The van der Waals surface area contributed by atoms with Crippen LogP contribution in [0, 0.1) is 0 Å². The van der Waals surface area contributed by atoms with Gasteiger partial charge in [0, 0.05) is 18.0 Å². The number of carbonyl (C=O) groups is 1. The number of ketones is 1. The minimum Gasteiger partial charge on any atom is -0.293 e. The van der Waals surface area contributed by atoms with Crippen molar-refractivity contribution in [1.82, 2.24) is 9.97 Å². The Morgan fingerprint density at radius 1 is 1.17 bits per heavy atom. The molecule has 18 heavy (non-hydrogen) atoms. The van der Waals surface area contributed by atoms with Gasteiger partial charge >= 0.3 is 0 Å². The molecule has 0 radical (unpaired) electrons. The van der Waals surface area contributed by atoms with E-state index in [0.29, 0.717) is 5.16 Å². The number of Topliss-reactive ketones (excluding diaryl/α,β-unsaturated/α-hetero) is 1. The predicted molar refractivity (Wildman–Crippen MR) is 72.7 cm³/mol. The van der Waals surface area contributed by atoms with E-state index in [-0.39, 0.29) is 11.0 Å². The zero-order valence-corrected chi connectivity index (χ0v) is 10.9. The van der Waals surface area contributed by atoms with Gasteiger partial charge in [0.25, 0.3) is 0 Å². The molecule has 0 amide bonds. The molecule has 2 rings (SSSR count). The van der Waals surface area contributed by atoms with Crippen LogP contribution in [0.5, 0.6) is 0 Å². The van der Waals surface area contributed by atoms with Crippen LogP contribution in [-0.4, -0.2) is 21.0 Å². The summed E-state index contributed by atoms with van der Waals surface area (Å²) < 4.78 is 0. The molecule has 3 nitrogen and oxygen atoms in total. The molecular weight excluding hydrogens is 244 g/mol. The van der Waals surface area contributed by atoms with Crippen molar-refractivity contribution in [3.05, 3.63) is 54.4 Å². The van der Waals surface area contributed by atoms with Crippen LogP contribution < -0.4 is 0 Å². The third-order valence-electron chi connectivity index (χ3n) is 2.51. The Kier molecular flexibility index (Phi) is 4.47. The fraction of sp³-hybridized carbons (Fsp3) is 0.214. The predicted octanol–water partition coefficient (Wildman–Crippen LogP) is 3.23. The summed E-state index contributed by atoms with van der Waals surface area (Å²) in [6.45, 7) is 2.00. The Hall–Kier alpha value is -1.68. The third kappa shape index (κ3) is 3.17. The molecular formula is C14H14N2OS. The number of hydrogen-bond donors (Lipinski definition) is 0. The molecule has 0 bridgehead atoms. The molecule has 0 spiro atoms. The number of benzene rings is 1. The van der Waals surface area contributed by atoms with E-state index in [1.807, 2.05) is 37.3 Å². The van der Waals surface area contributed by atoms with Crippen molar-refractivity contribution in [1.29, 1.82) is 0 Å². The second kappa shape index (κ2) is 6.31. The SMILES string of the molecule is CCC(Sc1ncccn1)C(=O)c1ccccc1. The molecule has 0 N–H and O–H groups in total. The zero-order valence-electron chi connectivity index (χ0n) is 10.1. The molecule has 0 aliphatic heterocycles. The quantitative estimate of drug-likeness (QED) is 0.469. The average molecular weight is 258 g/mol. The molecule has 1 atom stereocenters. The van der Waals surface area contributed by atoms with E-state index >= 15 is 0 Å². The molecule has 2 aromatic rings. The summed E-state index contributed by atoms with van der Waals surface area (Å²) in [5, 5.41) is 0.517. The van der Waals surface area contributed by atoms with Crippen molar-refractivity contribution >= 4 is 17.5 Å². The molecule has 0 saturated heterocycles. The van der Waals surface area contributed by atoms with Crippen LogP contribution in [0.1, 0.15) is 23.7 Å².